The Kier molecular flexibility index (Phi) is 6.58. The van der Waals surface area contributed by atoms with E-state index < -0.39 is 0 Å². The van der Waals surface area contributed by atoms with Crippen molar-refractivity contribution in [3.05, 3.63) is 69.6 Å². The van der Waals surface area contributed by atoms with Crippen molar-refractivity contribution >= 4 is 28.3 Å². The van der Waals surface area contributed by atoms with Crippen molar-refractivity contribution in [3.8, 4) is 0 Å². The minimum absolute atomic E-state index is 0.106. The molecule has 32 heavy (non-hydrogen) atoms. The van der Waals surface area contributed by atoms with Crippen LogP contribution in [0.4, 0.5) is 11.4 Å². The molecule has 7 heteroatoms. The minimum atomic E-state index is -0.376. The number of carbonyl (C=O) groups excluding carboxylic acids is 1. The smallest absolute Gasteiger partial charge is 0.336 e. The van der Waals surface area contributed by atoms with Crippen LogP contribution in [0.25, 0.3) is 11.0 Å². The number of nitrogens with zero attached hydrogens (tertiary/aromatic N) is 2. The molecule has 2 heterocycles. The van der Waals surface area contributed by atoms with E-state index in [1.165, 1.54) is 6.07 Å². The number of likely N-dealkylation sites (N-methyl/N-ethyl adjacent to an activating group) is 1. The number of benzene rings is 2. The van der Waals surface area contributed by atoms with Gasteiger partial charge in [-0.15, -0.1) is 0 Å². The molecule has 0 radical (unpaired) electrons. The van der Waals surface area contributed by atoms with Crippen LogP contribution in [0.2, 0.25) is 0 Å². The highest BCUT2D eigenvalue weighted by Crippen LogP contribution is 2.24. The molecule has 1 saturated heterocycles. The molecule has 1 aliphatic rings. The molecule has 0 unspecified atom stereocenters. The second kappa shape index (κ2) is 9.54. The second-order valence-electron chi connectivity index (χ2n) is 8.34. The normalized spacial score (nSPS) is 14.2. The van der Waals surface area contributed by atoms with Gasteiger partial charge in [0.2, 0.25) is 5.91 Å². The predicted molar refractivity (Wildman–Crippen MR) is 126 cm³/mol. The molecule has 1 aromatic heterocycles. The fraction of sp³-hybridized carbons (Fsp3) is 0.360. The van der Waals surface area contributed by atoms with Gasteiger partial charge in [0.1, 0.15) is 5.58 Å². The van der Waals surface area contributed by atoms with E-state index in [1.54, 1.807) is 0 Å². The van der Waals surface area contributed by atoms with E-state index in [9.17, 15) is 9.59 Å². The van der Waals surface area contributed by atoms with Crippen LogP contribution in [-0.2, 0) is 16.1 Å². The molecule has 1 aliphatic heterocycles. The lowest BCUT2D eigenvalue weighted by molar-refractivity contribution is -0.117. The summed E-state index contributed by atoms with van der Waals surface area (Å²) in [6, 6.07) is 13.4. The summed E-state index contributed by atoms with van der Waals surface area (Å²) in [6.07, 6.45) is 0. The van der Waals surface area contributed by atoms with E-state index >= 15 is 0 Å². The van der Waals surface area contributed by atoms with Gasteiger partial charge in [-0.1, -0.05) is 12.1 Å². The molecular formula is C25H29N3O4. The standard InChI is InChI=1S/C25H29N3O4/c1-17-4-9-22-19(14-24(30)32-25(22)18(17)2)15-27(3)16-23(29)26-20-5-7-21(8-6-20)28-10-12-31-13-11-28/h4-9,14H,10-13,15-16H2,1-3H3,(H,26,29). The van der Waals surface area contributed by atoms with E-state index in [0.717, 1.165) is 59.8 Å². The summed E-state index contributed by atoms with van der Waals surface area (Å²) in [4.78, 5) is 28.8. The predicted octanol–water partition coefficient (Wildman–Crippen LogP) is 3.32. The van der Waals surface area contributed by atoms with Gasteiger partial charge in [-0.2, -0.15) is 0 Å². The molecule has 2 aromatic carbocycles. The molecule has 0 atom stereocenters. The number of nitrogens with one attached hydrogen (secondary N) is 1. The van der Waals surface area contributed by atoms with Crippen molar-refractivity contribution in [2.45, 2.75) is 20.4 Å². The number of carbonyl (C=O) groups is 1. The number of hydrogen-bond acceptors (Lipinski definition) is 6. The van der Waals surface area contributed by atoms with Crippen molar-refractivity contribution in [2.24, 2.45) is 0 Å². The van der Waals surface area contributed by atoms with Crippen LogP contribution in [0.3, 0.4) is 0 Å². The van der Waals surface area contributed by atoms with Crippen molar-refractivity contribution in [1.82, 2.24) is 4.90 Å². The van der Waals surface area contributed by atoms with Crippen LogP contribution in [0, 0.1) is 13.8 Å². The molecule has 0 spiro atoms. The van der Waals surface area contributed by atoms with Gasteiger partial charge >= 0.3 is 5.63 Å². The van der Waals surface area contributed by atoms with Gasteiger partial charge in [0.25, 0.3) is 0 Å². The fourth-order valence-corrected chi connectivity index (χ4v) is 4.02. The van der Waals surface area contributed by atoms with Crippen LogP contribution in [-0.4, -0.2) is 50.7 Å². The minimum Gasteiger partial charge on any atom is -0.422 e. The summed E-state index contributed by atoms with van der Waals surface area (Å²) in [7, 11) is 1.86. The molecule has 1 fully saturated rings. The Bertz CT molecular complexity index is 1160. The lowest BCUT2D eigenvalue weighted by Crippen LogP contribution is -2.36. The highest BCUT2D eigenvalue weighted by Gasteiger charge is 2.14. The van der Waals surface area contributed by atoms with Gasteiger partial charge in [-0.3, -0.25) is 9.69 Å². The van der Waals surface area contributed by atoms with E-state index in [2.05, 4.69) is 10.2 Å². The van der Waals surface area contributed by atoms with Crippen LogP contribution in [0.1, 0.15) is 16.7 Å². The molecule has 4 rings (SSSR count). The Morgan fingerprint density at radius 2 is 1.81 bits per heavy atom. The molecule has 0 saturated carbocycles. The summed E-state index contributed by atoms with van der Waals surface area (Å²) in [6.45, 7) is 7.85. The molecule has 3 aromatic rings. The van der Waals surface area contributed by atoms with E-state index in [1.807, 2.05) is 62.2 Å². The number of fused-ring (bicyclic) bond motifs is 1. The Balaban J connectivity index is 1.39. The summed E-state index contributed by atoms with van der Waals surface area (Å²) in [5, 5.41) is 3.85. The lowest BCUT2D eigenvalue weighted by Gasteiger charge is -2.28. The maximum Gasteiger partial charge on any atom is 0.336 e. The number of rotatable bonds is 6. The van der Waals surface area contributed by atoms with Crippen molar-refractivity contribution in [2.75, 3.05) is 50.1 Å². The van der Waals surface area contributed by atoms with Crippen molar-refractivity contribution in [1.29, 1.82) is 0 Å². The fourth-order valence-electron chi connectivity index (χ4n) is 4.02. The third-order valence-corrected chi connectivity index (χ3v) is 5.90. The SMILES string of the molecule is Cc1ccc2c(CN(C)CC(=O)Nc3ccc(N4CCOCC4)cc3)cc(=O)oc2c1C. The number of morpholine rings is 1. The van der Waals surface area contributed by atoms with Gasteiger partial charge in [0.05, 0.1) is 19.8 Å². The monoisotopic (exact) mass is 435 g/mol. The molecular weight excluding hydrogens is 406 g/mol. The Labute approximate surface area is 187 Å². The summed E-state index contributed by atoms with van der Waals surface area (Å²) < 4.78 is 10.8. The zero-order valence-corrected chi connectivity index (χ0v) is 18.8. The lowest BCUT2D eigenvalue weighted by atomic mass is 10.0. The van der Waals surface area contributed by atoms with Gasteiger partial charge in [0.15, 0.2) is 0 Å². The first-order valence-corrected chi connectivity index (χ1v) is 10.8. The third kappa shape index (κ3) is 5.00. The number of hydrogen-bond donors (Lipinski definition) is 1. The largest absolute Gasteiger partial charge is 0.422 e. The molecule has 168 valence electrons. The first-order valence-electron chi connectivity index (χ1n) is 10.8. The number of anilines is 2. The zero-order valence-electron chi connectivity index (χ0n) is 18.8. The molecule has 7 nitrogen and oxygen atoms in total. The maximum absolute atomic E-state index is 12.6. The average molecular weight is 436 g/mol. The van der Waals surface area contributed by atoms with Gasteiger partial charge < -0.3 is 19.4 Å². The van der Waals surface area contributed by atoms with Crippen LogP contribution in [0.15, 0.2) is 51.7 Å². The van der Waals surface area contributed by atoms with Gasteiger partial charge in [0, 0.05) is 42.5 Å². The van der Waals surface area contributed by atoms with Gasteiger partial charge in [-0.05, 0) is 61.9 Å². The average Bonchev–Trinajstić information content (AvgIpc) is 2.77. The van der Waals surface area contributed by atoms with Crippen molar-refractivity contribution < 1.29 is 13.9 Å². The molecule has 1 amide bonds. The van der Waals surface area contributed by atoms with Crippen molar-refractivity contribution in [3.63, 3.8) is 0 Å². The first-order chi connectivity index (χ1) is 15.4. The quantitative estimate of drug-likeness (QED) is 0.599. The van der Waals surface area contributed by atoms with Crippen LogP contribution >= 0.6 is 0 Å². The molecule has 0 aliphatic carbocycles. The first kappa shape index (κ1) is 22.0. The number of ether oxygens (including phenoxy) is 1. The highest BCUT2D eigenvalue weighted by atomic mass is 16.5. The number of amides is 1. The zero-order chi connectivity index (χ0) is 22.7. The third-order valence-electron chi connectivity index (χ3n) is 5.90. The summed E-state index contributed by atoms with van der Waals surface area (Å²) >= 11 is 0. The van der Waals surface area contributed by atoms with Crippen LogP contribution < -0.4 is 15.8 Å². The Hall–Kier alpha value is -3.16. The maximum atomic E-state index is 12.6. The van der Waals surface area contributed by atoms with Crippen LogP contribution in [0.5, 0.6) is 0 Å². The second-order valence-corrected chi connectivity index (χ2v) is 8.34. The van der Waals surface area contributed by atoms with E-state index in [-0.39, 0.29) is 18.1 Å². The van der Waals surface area contributed by atoms with E-state index in [4.69, 9.17) is 9.15 Å². The molecule has 0 bridgehead atoms. The topological polar surface area (TPSA) is 75.0 Å². The highest BCUT2D eigenvalue weighted by molar-refractivity contribution is 5.92. The van der Waals surface area contributed by atoms with Gasteiger partial charge in [-0.25, -0.2) is 4.79 Å². The Morgan fingerprint density at radius 3 is 2.53 bits per heavy atom. The summed E-state index contributed by atoms with van der Waals surface area (Å²) in [5.41, 5.74) is 5.02. The summed E-state index contributed by atoms with van der Waals surface area (Å²) in [5.74, 6) is -0.106. The number of aryl methyl sites for hydroxylation is 2. The Morgan fingerprint density at radius 1 is 1.09 bits per heavy atom. The van der Waals surface area contributed by atoms with E-state index in [0.29, 0.717) is 12.1 Å². The molecule has 1 N–H and O–H groups in total.